The number of hydrogen-bond acceptors (Lipinski definition) is 2. The maximum absolute atomic E-state index is 11.0. The molecule has 0 N–H and O–H groups in total. The molecule has 2 nitrogen and oxygen atoms in total. The van der Waals surface area contributed by atoms with Crippen molar-refractivity contribution in [2.45, 2.75) is 53.6 Å². The molecule has 2 heteroatoms. The Morgan fingerprint density at radius 2 is 1.83 bits per heavy atom. The van der Waals surface area contributed by atoms with Gasteiger partial charge in [-0.15, -0.1) is 0 Å². The summed E-state index contributed by atoms with van der Waals surface area (Å²) in [5, 5.41) is 0. The molecule has 0 aliphatic carbocycles. The van der Waals surface area contributed by atoms with E-state index in [1.54, 1.807) is 0 Å². The van der Waals surface area contributed by atoms with Crippen LogP contribution >= 0.6 is 0 Å². The molecule has 0 fully saturated rings. The zero-order chi connectivity index (χ0) is 9.78. The van der Waals surface area contributed by atoms with E-state index >= 15 is 0 Å². The molecule has 0 amide bonds. The van der Waals surface area contributed by atoms with Gasteiger partial charge in [-0.3, -0.25) is 4.79 Å². The van der Waals surface area contributed by atoms with Gasteiger partial charge in [0, 0.05) is 6.42 Å². The second kappa shape index (κ2) is 4.48. The summed E-state index contributed by atoms with van der Waals surface area (Å²) in [5.74, 6) is -0.100. The standard InChI is InChI=1S/C10H20O2/c1-6-8(10(3,4)5)12-9(11)7-2/h8H,6-7H2,1-5H3. The summed E-state index contributed by atoms with van der Waals surface area (Å²) in [6.07, 6.45) is 1.40. The minimum absolute atomic E-state index is 0.0462. The highest BCUT2D eigenvalue weighted by atomic mass is 16.5. The van der Waals surface area contributed by atoms with Gasteiger partial charge in [0.05, 0.1) is 0 Å². The predicted octanol–water partition coefficient (Wildman–Crippen LogP) is 2.76. The fourth-order valence-corrected chi connectivity index (χ4v) is 1.11. The first-order chi connectivity index (χ1) is 5.41. The Hall–Kier alpha value is -0.530. The average molecular weight is 172 g/mol. The fraction of sp³-hybridized carbons (Fsp3) is 0.900. The molecule has 1 unspecified atom stereocenters. The Bertz CT molecular complexity index is 144. The highest BCUT2D eigenvalue weighted by Gasteiger charge is 2.25. The van der Waals surface area contributed by atoms with E-state index in [1.807, 2.05) is 13.8 Å². The lowest BCUT2D eigenvalue weighted by Crippen LogP contribution is -2.30. The number of rotatable bonds is 3. The number of ether oxygens (including phenoxy) is 1. The lowest BCUT2D eigenvalue weighted by molar-refractivity contribution is -0.154. The van der Waals surface area contributed by atoms with Crippen LogP contribution in [-0.2, 0) is 9.53 Å². The van der Waals surface area contributed by atoms with Gasteiger partial charge >= 0.3 is 5.97 Å². The third kappa shape index (κ3) is 3.74. The first-order valence-electron chi connectivity index (χ1n) is 4.61. The maximum atomic E-state index is 11.0. The van der Waals surface area contributed by atoms with Crippen LogP contribution in [0.25, 0.3) is 0 Å². The van der Waals surface area contributed by atoms with Crippen molar-refractivity contribution < 1.29 is 9.53 Å². The van der Waals surface area contributed by atoms with Crippen LogP contribution in [-0.4, -0.2) is 12.1 Å². The van der Waals surface area contributed by atoms with Crippen LogP contribution in [0.2, 0.25) is 0 Å². The molecule has 0 radical (unpaired) electrons. The van der Waals surface area contributed by atoms with Gasteiger partial charge in [-0.1, -0.05) is 34.6 Å². The van der Waals surface area contributed by atoms with Gasteiger partial charge in [0.1, 0.15) is 6.10 Å². The van der Waals surface area contributed by atoms with Crippen molar-refractivity contribution in [2.75, 3.05) is 0 Å². The molecular formula is C10H20O2. The molecule has 0 aromatic rings. The number of esters is 1. The van der Waals surface area contributed by atoms with E-state index in [2.05, 4.69) is 20.8 Å². The third-order valence-corrected chi connectivity index (χ3v) is 1.90. The molecule has 12 heavy (non-hydrogen) atoms. The molecule has 0 saturated heterocycles. The summed E-state index contributed by atoms with van der Waals surface area (Å²) < 4.78 is 5.27. The van der Waals surface area contributed by atoms with Crippen molar-refractivity contribution in [1.82, 2.24) is 0 Å². The van der Waals surface area contributed by atoms with Gasteiger partial charge in [-0.05, 0) is 11.8 Å². The van der Waals surface area contributed by atoms with E-state index in [9.17, 15) is 4.79 Å². The van der Waals surface area contributed by atoms with Gasteiger partial charge in [-0.2, -0.15) is 0 Å². The average Bonchev–Trinajstić information content (AvgIpc) is 1.97. The van der Waals surface area contributed by atoms with E-state index in [1.165, 1.54) is 0 Å². The zero-order valence-corrected chi connectivity index (χ0v) is 8.81. The second-order valence-corrected chi connectivity index (χ2v) is 4.11. The largest absolute Gasteiger partial charge is 0.462 e. The van der Waals surface area contributed by atoms with Crippen LogP contribution in [0.15, 0.2) is 0 Å². The molecule has 72 valence electrons. The van der Waals surface area contributed by atoms with E-state index in [4.69, 9.17) is 4.74 Å². The molecule has 0 heterocycles. The van der Waals surface area contributed by atoms with E-state index in [0.29, 0.717) is 6.42 Å². The third-order valence-electron chi connectivity index (χ3n) is 1.90. The van der Waals surface area contributed by atoms with Crippen LogP contribution in [0.4, 0.5) is 0 Å². The molecule has 0 spiro atoms. The minimum Gasteiger partial charge on any atom is -0.462 e. The highest BCUT2D eigenvalue weighted by Crippen LogP contribution is 2.24. The van der Waals surface area contributed by atoms with Gasteiger partial charge < -0.3 is 4.74 Å². The molecule has 0 aromatic heterocycles. The van der Waals surface area contributed by atoms with Crippen molar-refractivity contribution in [3.63, 3.8) is 0 Å². The van der Waals surface area contributed by atoms with Crippen molar-refractivity contribution in [3.05, 3.63) is 0 Å². The SMILES string of the molecule is CCC(=O)OC(CC)C(C)(C)C. The zero-order valence-electron chi connectivity index (χ0n) is 8.81. The van der Waals surface area contributed by atoms with Gasteiger partial charge in [-0.25, -0.2) is 0 Å². The van der Waals surface area contributed by atoms with Crippen LogP contribution in [0.1, 0.15) is 47.5 Å². The Morgan fingerprint density at radius 1 is 1.33 bits per heavy atom. The lowest BCUT2D eigenvalue weighted by atomic mass is 9.87. The summed E-state index contributed by atoms with van der Waals surface area (Å²) in [7, 11) is 0. The van der Waals surface area contributed by atoms with Crippen molar-refractivity contribution in [2.24, 2.45) is 5.41 Å². The van der Waals surface area contributed by atoms with Gasteiger partial charge in [0.25, 0.3) is 0 Å². The summed E-state index contributed by atoms with van der Waals surface area (Å²) in [6.45, 7) is 10.1. The summed E-state index contributed by atoms with van der Waals surface area (Å²) in [4.78, 5) is 11.0. The first-order valence-corrected chi connectivity index (χ1v) is 4.61. The Labute approximate surface area is 75.3 Å². The molecule has 0 rings (SSSR count). The Kier molecular flexibility index (Phi) is 4.29. The summed E-state index contributed by atoms with van der Waals surface area (Å²) in [5.41, 5.74) is 0.0551. The van der Waals surface area contributed by atoms with Crippen LogP contribution in [0.5, 0.6) is 0 Å². The quantitative estimate of drug-likeness (QED) is 0.612. The molecule has 0 bridgehead atoms. The summed E-state index contributed by atoms with van der Waals surface area (Å²) in [6, 6.07) is 0. The van der Waals surface area contributed by atoms with Crippen LogP contribution < -0.4 is 0 Å². The Balaban J connectivity index is 4.09. The highest BCUT2D eigenvalue weighted by molar-refractivity contribution is 5.69. The summed E-state index contributed by atoms with van der Waals surface area (Å²) >= 11 is 0. The van der Waals surface area contributed by atoms with Gasteiger partial charge in [0.15, 0.2) is 0 Å². The van der Waals surface area contributed by atoms with Crippen molar-refractivity contribution >= 4 is 5.97 Å². The molecule has 0 aromatic carbocycles. The van der Waals surface area contributed by atoms with E-state index in [0.717, 1.165) is 6.42 Å². The van der Waals surface area contributed by atoms with Gasteiger partial charge in [0.2, 0.25) is 0 Å². The number of hydrogen-bond donors (Lipinski definition) is 0. The maximum Gasteiger partial charge on any atom is 0.305 e. The van der Waals surface area contributed by atoms with Crippen molar-refractivity contribution in [1.29, 1.82) is 0 Å². The van der Waals surface area contributed by atoms with Crippen molar-refractivity contribution in [3.8, 4) is 0 Å². The normalized spacial score (nSPS) is 14.1. The first kappa shape index (κ1) is 11.5. The van der Waals surface area contributed by atoms with E-state index < -0.39 is 0 Å². The number of carbonyl (C=O) groups is 1. The minimum atomic E-state index is -0.100. The van der Waals surface area contributed by atoms with E-state index in [-0.39, 0.29) is 17.5 Å². The topological polar surface area (TPSA) is 26.3 Å². The molecule has 0 aliphatic rings. The monoisotopic (exact) mass is 172 g/mol. The smallest absolute Gasteiger partial charge is 0.305 e. The molecular weight excluding hydrogens is 152 g/mol. The lowest BCUT2D eigenvalue weighted by Gasteiger charge is -2.29. The molecule has 0 aliphatic heterocycles. The number of carbonyl (C=O) groups excluding carboxylic acids is 1. The van der Waals surface area contributed by atoms with Crippen LogP contribution in [0, 0.1) is 5.41 Å². The Morgan fingerprint density at radius 3 is 2.08 bits per heavy atom. The molecule has 0 saturated carbocycles. The molecule has 1 atom stereocenters. The van der Waals surface area contributed by atoms with Crippen LogP contribution in [0.3, 0.4) is 0 Å². The predicted molar refractivity (Wildman–Crippen MR) is 49.9 cm³/mol. The second-order valence-electron chi connectivity index (χ2n) is 4.11. The fourth-order valence-electron chi connectivity index (χ4n) is 1.11.